The summed E-state index contributed by atoms with van der Waals surface area (Å²) in [6.07, 6.45) is 32.7. The quantitative estimate of drug-likeness (QED) is 0.0221. The van der Waals surface area contributed by atoms with E-state index in [-0.39, 0.29) is 32.0 Å². The molecule has 0 aromatic heterocycles. The number of ether oxygens (including phenoxy) is 2. The van der Waals surface area contributed by atoms with E-state index in [1.165, 1.54) is 116 Å². The van der Waals surface area contributed by atoms with E-state index in [0.29, 0.717) is 17.4 Å². The Labute approximate surface area is 307 Å². The number of carbonyl (C=O) groups excluding carboxylic acids is 2. The minimum atomic E-state index is -4.37. The number of likely N-dealkylation sites (N-methyl/N-ethyl adjacent to an activating group) is 1. The maximum Gasteiger partial charge on any atom is 0.472 e. The lowest BCUT2D eigenvalue weighted by Gasteiger charge is -2.24. The van der Waals surface area contributed by atoms with Crippen LogP contribution in [0.2, 0.25) is 0 Å². The van der Waals surface area contributed by atoms with Crippen LogP contribution >= 0.6 is 7.82 Å². The molecule has 0 saturated carbocycles. The van der Waals surface area contributed by atoms with Crippen molar-refractivity contribution in [3.8, 4) is 0 Å². The van der Waals surface area contributed by atoms with E-state index >= 15 is 0 Å². The van der Waals surface area contributed by atoms with Gasteiger partial charge >= 0.3 is 19.8 Å². The predicted molar refractivity (Wildman–Crippen MR) is 206 cm³/mol. The molecule has 50 heavy (non-hydrogen) atoms. The van der Waals surface area contributed by atoms with Gasteiger partial charge in [0.2, 0.25) is 0 Å². The summed E-state index contributed by atoms with van der Waals surface area (Å²) in [5.41, 5.74) is 0. The number of phosphoric ester groups is 1. The third-order valence-electron chi connectivity index (χ3n) is 8.81. The molecule has 0 spiro atoms. The third kappa shape index (κ3) is 36.5. The standard InChI is InChI=1S/C40H78NO8P/c1-6-8-10-12-14-16-18-19-20-21-23-25-27-29-31-33-40(43)49-38(37-48-50(44,45)47-35-34-41(3,4)5)36-46-39(42)32-30-28-26-24-22-17-15-13-11-9-7-2/h27,29,38H,6-26,28,30-37H2,1-5H3/p+1/b29-27-. The Morgan fingerprint density at radius 3 is 1.56 bits per heavy atom. The average Bonchev–Trinajstić information content (AvgIpc) is 3.06. The molecule has 9 nitrogen and oxygen atoms in total. The van der Waals surface area contributed by atoms with Crippen molar-refractivity contribution >= 4 is 19.8 Å². The number of phosphoric acid groups is 1. The molecular formula is C40H79NO8P+. The van der Waals surface area contributed by atoms with Gasteiger partial charge in [-0.25, -0.2) is 4.57 Å². The van der Waals surface area contributed by atoms with Gasteiger partial charge in [-0.2, -0.15) is 0 Å². The fourth-order valence-corrected chi connectivity index (χ4v) is 6.30. The van der Waals surface area contributed by atoms with Crippen molar-refractivity contribution in [2.24, 2.45) is 0 Å². The summed E-state index contributed by atoms with van der Waals surface area (Å²) in [6.45, 7) is 4.38. The highest BCUT2D eigenvalue weighted by Crippen LogP contribution is 2.43. The van der Waals surface area contributed by atoms with E-state index in [1.54, 1.807) is 0 Å². The first-order valence-electron chi connectivity index (χ1n) is 20.4. The first kappa shape index (κ1) is 48.8. The molecule has 0 radical (unpaired) electrons. The summed E-state index contributed by atoms with van der Waals surface area (Å²) in [6, 6.07) is 0. The van der Waals surface area contributed by atoms with Crippen molar-refractivity contribution in [1.82, 2.24) is 0 Å². The minimum Gasteiger partial charge on any atom is -0.462 e. The van der Waals surface area contributed by atoms with Crippen molar-refractivity contribution in [3.05, 3.63) is 12.2 Å². The number of allylic oxidation sites excluding steroid dienone is 2. The Morgan fingerprint density at radius 1 is 0.600 bits per heavy atom. The normalized spacial score (nSPS) is 13.8. The zero-order chi connectivity index (χ0) is 37.2. The first-order chi connectivity index (χ1) is 24.0. The van der Waals surface area contributed by atoms with Crippen molar-refractivity contribution in [2.75, 3.05) is 47.5 Å². The molecule has 0 amide bonds. The minimum absolute atomic E-state index is 0.0290. The van der Waals surface area contributed by atoms with Crippen molar-refractivity contribution in [2.45, 2.75) is 187 Å². The van der Waals surface area contributed by atoms with Gasteiger partial charge in [-0.15, -0.1) is 0 Å². The molecule has 0 bridgehead atoms. The molecule has 296 valence electrons. The maximum atomic E-state index is 12.6. The summed E-state index contributed by atoms with van der Waals surface area (Å²) < 4.78 is 34.1. The Morgan fingerprint density at radius 2 is 1.06 bits per heavy atom. The van der Waals surface area contributed by atoms with E-state index in [4.69, 9.17) is 18.5 Å². The van der Waals surface area contributed by atoms with Crippen molar-refractivity contribution < 1.29 is 42.1 Å². The molecule has 0 aliphatic rings. The molecule has 2 unspecified atom stereocenters. The largest absolute Gasteiger partial charge is 0.472 e. The second-order valence-electron chi connectivity index (χ2n) is 15.0. The molecule has 0 aromatic rings. The molecule has 2 atom stereocenters. The number of hydrogen-bond acceptors (Lipinski definition) is 7. The Hall–Kier alpha value is -1.25. The van der Waals surface area contributed by atoms with Crippen LogP contribution in [0, 0.1) is 0 Å². The van der Waals surface area contributed by atoms with Crippen molar-refractivity contribution in [3.63, 3.8) is 0 Å². The fraction of sp³-hybridized carbons (Fsp3) is 0.900. The molecule has 0 heterocycles. The number of rotatable bonds is 37. The summed E-state index contributed by atoms with van der Waals surface area (Å²) >= 11 is 0. The van der Waals surface area contributed by atoms with Crippen LogP contribution in [0.5, 0.6) is 0 Å². The van der Waals surface area contributed by atoms with Crippen molar-refractivity contribution in [1.29, 1.82) is 0 Å². The van der Waals surface area contributed by atoms with Gasteiger partial charge in [0.25, 0.3) is 0 Å². The Kier molecular flexibility index (Phi) is 32.7. The highest BCUT2D eigenvalue weighted by Gasteiger charge is 2.27. The summed E-state index contributed by atoms with van der Waals surface area (Å²) in [7, 11) is 1.46. The third-order valence-corrected chi connectivity index (χ3v) is 9.79. The second-order valence-corrected chi connectivity index (χ2v) is 16.5. The number of carbonyl (C=O) groups is 2. The van der Waals surface area contributed by atoms with Gasteiger partial charge in [-0.1, -0.05) is 154 Å². The lowest BCUT2D eigenvalue weighted by atomic mass is 10.1. The van der Waals surface area contributed by atoms with Crippen LogP contribution < -0.4 is 0 Å². The predicted octanol–water partition coefficient (Wildman–Crippen LogP) is 11.0. The highest BCUT2D eigenvalue weighted by molar-refractivity contribution is 7.47. The molecule has 1 N–H and O–H groups in total. The zero-order valence-corrected chi connectivity index (χ0v) is 34.0. The summed E-state index contributed by atoms with van der Waals surface area (Å²) in [5.74, 6) is -0.850. The van der Waals surface area contributed by atoms with Crippen LogP contribution in [-0.2, 0) is 32.7 Å². The Balaban J connectivity index is 4.43. The molecule has 10 heteroatoms. The summed E-state index contributed by atoms with van der Waals surface area (Å²) in [5, 5.41) is 0. The SMILES string of the molecule is CCCCCCCCCCCCC/C=C\CCC(=O)OC(COC(=O)CCCCCCCCCCCCC)COP(=O)(O)OCC[N+](C)(C)C. The second kappa shape index (κ2) is 33.6. The van der Waals surface area contributed by atoms with Gasteiger partial charge in [-0.3, -0.25) is 18.6 Å². The highest BCUT2D eigenvalue weighted by atomic mass is 31.2. The van der Waals surface area contributed by atoms with Crippen LogP contribution in [0.3, 0.4) is 0 Å². The van der Waals surface area contributed by atoms with Gasteiger partial charge in [0.15, 0.2) is 6.10 Å². The number of esters is 2. The first-order valence-corrected chi connectivity index (χ1v) is 21.9. The maximum absolute atomic E-state index is 12.6. The topological polar surface area (TPSA) is 108 Å². The molecular weight excluding hydrogens is 653 g/mol. The van der Waals surface area contributed by atoms with Crippen LogP contribution in [0.25, 0.3) is 0 Å². The number of quaternary nitrogens is 1. The van der Waals surface area contributed by atoms with E-state index < -0.39 is 26.5 Å². The van der Waals surface area contributed by atoms with Gasteiger partial charge in [0.1, 0.15) is 19.8 Å². The smallest absolute Gasteiger partial charge is 0.462 e. The molecule has 0 saturated heterocycles. The van der Waals surface area contributed by atoms with Crippen LogP contribution in [0.1, 0.15) is 181 Å². The van der Waals surface area contributed by atoms with Crippen LogP contribution in [-0.4, -0.2) is 74.9 Å². The summed E-state index contributed by atoms with van der Waals surface area (Å²) in [4.78, 5) is 35.2. The number of hydrogen-bond donors (Lipinski definition) is 1. The number of nitrogens with zero attached hydrogens (tertiary/aromatic N) is 1. The lowest BCUT2D eigenvalue weighted by Crippen LogP contribution is -2.37. The van der Waals surface area contributed by atoms with Gasteiger partial charge < -0.3 is 18.9 Å². The molecule has 0 aliphatic heterocycles. The lowest BCUT2D eigenvalue weighted by molar-refractivity contribution is -0.870. The molecule has 0 aliphatic carbocycles. The zero-order valence-electron chi connectivity index (χ0n) is 33.1. The average molecular weight is 733 g/mol. The number of unbranched alkanes of at least 4 members (excludes halogenated alkanes) is 21. The van der Waals surface area contributed by atoms with E-state index in [2.05, 4.69) is 19.9 Å². The van der Waals surface area contributed by atoms with E-state index in [1.807, 2.05) is 27.2 Å². The molecule has 0 fully saturated rings. The molecule has 0 rings (SSSR count). The van der Waals surface area contributed by atoms with Gasteiger partial charge in [-0.05, 0) is 25.7 Å². The van der Waals surface area contributed by atoms with Crippen LogP contribution in [0.15, 0.2) is 12.2 Å². The van der Waals surface area contributed by atoms with Crippen LogP contribution in [0.4, 0.5) is 0 Å². The van der Waals surface area contributed by atoms with Gasteiger partial charge in [0.05, 0.1) is 27.7 Å². The van der Waals surface area contributed by atoms with E-state index in [9.17, 15) is 19.0 Å². The Bertz CT molecular complexity index is 876. The van der Waals surface area contributed by atoms with Gasteiger partial charge in [0, 0.05) is 12.8 Å². The van der Waals surface area contributed by atoms with E-state index in [0.717, 1.165) is 32.1 Å². The monoisotopic (exact) mass is 733 g/mol. The fourth-order valence-electron chi connectivity index (χ4n) is 5.56. The molecule has 0 aromatic carbocycles.